The van der Waals surface area contributed by atoms with E-state index in [1.54, 1.807) is 0 Å². The van der Waals surface area contributed by atoms with Gasteiger partial charge in [-0.25, -0.2) is 0 Å². The minimum atomic E-state index is -2.88. The van der Waals surface area contributed by atoms with Crippen LogP contribution in [-0.2, 0) is 13.3 Å². The van der Waals surface area contributed by atoms with E-state index in [0.29, 0.717) is 19.8 Å². The summed E-state index contributed by atoms with van der Waals surface area (Å²) in [4.78, 5) is 0. The molecule has 0 aromatic heterocycles. The zero-order chi connectivity index (χ0) is 15.0. The Morgan fingerprint density at radius 2 is 1.40 bits per heavy atom. The van der Waals surface area contributed by atoms with E-state index in [0.717, 1.165) is 0 Å². The van der Waals surface area contributed by atoms with E-state index in [-0.39, 0.29) is 10.9 Å². The highest BCUT2D eigenvalue weighted by Gasteiger charge is 2.51. The second-order valence-electron chi connectivity index (χ2n) is 4.50. The molecular formula is C15H25ClO3Si. The molecule has 0 N–H and O–H groups in total. The summed E-state index contributed by atoms with van der Waals surface area (Å²) in [7, 11) is -2.88. The lowest BCUT2D eigenvalue weighted by atomic mass is 10.0. The van der Waals surface area contributed by atoms with Gasteiger partial charge in [-0.05, 0) is 26.3 Å². The molecule has 0 fully saturated rings. The summed E-state index contributed by atoms with van der Waals surface area (Å²) in [6.07, 6.45) is 0. The van der Waals surface area contributed by atoms with E-state index in [9.17, 15) is 0 Å². The van der Waals surface area contributed by atoms with Crippen LogP contribution in [0.25, 0.3) is 0 Å². The summed E-state index contributed by atoms with van der Waals surface area (Å²) in [5.41, 5.74) is 1.17. The smallest absolute Gasteiger partial charge is 0.373 e. The van der Waals surface area contributed by atoms with Crippen LogP contribution in [0.15, 0.2) is 30.3 Å². The molecule has 0 aliphatic carbocycles. The third kappa shape index (κ3) is 4.30. The number of hydrogen-bond donors (Lipinski definition) is 0. The summed E-state index contributed by atoms with van der Waals surface area (Å²) in [6, 6.07) is 10.2. The fourth-order valence-electron chi connectivity index (χ4n) is 2.20. The predicted molar refractivity (Wildman–Crippen MR) is 85.1 cm³/mol. The van der Waals surface area contributed by atoms with E-state index < -0.39 is 8.80 Å². The highest BCUT2D eigenvalue weighted by Crippen LogP contribution is 2.32. The molecule has 114 valence electrons. The van der Waals surface area contributed by atoms with E-state index in [1.165, 1.54) is 5.56 Å². The maximum Gasteiger partial charge on any atom is 0.520 e. The maximum absolute atomic E-state index is 6.71. The summed E-state index contributed by atoms with van der Waals surface area (Å²) in [5, 5.41) is -0.301. The number of halogens is 1. The Balaban J connectivity index is 2.98. The van der Waals surface area contributed by atoms with Crippen molar-refractivity contribution in [1.29, 1.82) is 0 Å². The molecule has 0 radical (unpaired) electrons. The highest BCUT2D eigenvalue weighted by molar-refractivity contribution is 6.71. The summed E-state index contributed by atoms with van der Waals surface area (Å²) >= 11 is 6.71. The number of alkyl halides is 1. The zero-order valence-electron chi connectivity index (χ0n) is 12.8. The molecule has 20 heavy (non-hydrogen) atoms. The van der Waals surface area contributed by atoms with Crippen LogP contribution in [-0.4, -0.2) is 33.6 Å². The Bertz CT molecular complexity index is 358. The fraction of sp³-hybridized carbons (Fsp3) is 0.600. The number of benzene rings is 1. The van der Waals surface area contributed by atoms with Gasteiger partial charge in [0.25, 0.3) is 0 Å². The zero-order valence-corrected chi connectivity index (χ0v) is 14.5. The molecule has 0 aliphatic rings. The minimum Gasteiger partial charge on any atom is -0.373 e. The van der Waals surface area contributed by atoms with Gasteiger partial charge in [0.05, 0.1) is 0 Å². The van der Waals surface area contributed by atoms with Crippen LogP contribution in [0.1, 0.15) is 39.2 Å². The van der Waals surface area contributed by atoms with Crippen LogP contribution in [0, 0.1) is 0 Å². The first kappa shape index (κ1) is 17.7. The topological polar surface area (TPSA) is 27.7 Å². The average molecular weight is 317 g/mol. The maximum atomic E-state index is 6.71. The second-order valence-corrected chi connectivity index (χ2v) is 8.04. The van der Waals surface area contributed by atoms with Gasteiger partial charge >= 0.3 is 8.80 Å². The van der Waals surface area contributed by atoms with Gasteiger partial charge < -0.3 is 13.3 Å². The van der Waals surface area contributed by atoms with E-state index in [1.807, 2.05) is 39.0 Å². The van der Waals surface area contributed by atoms with Crippen molar-refractivity contribution in [2.24, 2.45) is 0 Å². The van der Waals surface area contributed by atoms with Crippen molar-refractivity contribution in [3.8, 4) is 0 Å². The van der Waals surface area contributed by atoms with Crippen molar-refractivity contribution in [3.05, 3.63) is 35.9 Å². The van der Waals surface area contributed by atoms with E-state index in [4.69, 9.17) is 24.9 Å². The van der Waals surface area contributed by atoms with Gasteiger partial charge in [0.1, 0.15) is 5.00 Å². The molecule has 1 aromatic carbocycles. The molecule has 0 saturated carbocycles. The van der Waals surface area contributed by atoms with Crippen molar-refractivity contribution in [3.63, 3.8) is 0 Å². The largest absolute Gasteiger partial charge is 0.520 e. The van der Waals surface area contributed by atoms with Crippen molar-refractivity contribution in [2.75, 3.05) is 19.8 Å². The molecule has 1 aromatic rings. The molecule has 0 spiro atoms. The molecule has 0 amide bonds. The van der Waals surface area contributed by atoms with E-state index in [2.05, 4.69) is 19.1 Å². The van der Waals surface area contributed by atoms with E-state index >= 15 is 0 Å². The number of hydrogen-bond acceptors (Lipinski definition) is 3. The summed E-state index contributed by atoms with van der Waals surface area (Å²) in [5.74, 6) is 0.106. The van der Waals surface area contributed by atoms with Crippen LogP contribution < -0.4 is 0 Å². The Hall–Kier alpha value is -0.393. The lowest BCUT2D eigenvalue weighted by molar-refractivity contribution is 0.0671. The standard InChI is InChI=1S/C15H25ClO3Si/c1-5-17-20(18-6-2,19-7-3)15(16)13(4)14-11-9-8-10-12-14/h8-13,15H,5-7H2,1-4H3. The minimum absolute atomic E-state index is 0.106. The predicted octanol–water partition coefficient (Wildman–Crippen LogP) is 3.99. The first-order chi connectivity index (χ1) is 9.61. The first-order valence-corrected chi connectivity index (χ1v) is 9.46. The third-order valence-electron chi connectivity index (χ3n) is 3.14. The Morgan fingerprint density at radius 3 is 1.80 bits per heavy atom. The molecule has 2 unspecified atom stereocenters. The SMILES string of the molecule is CCO[Si](OCC)(OCC)C(Cl)C(C)c1ccccc1. The van der Waals surface area contributed by atoms with Crippen LogP contribution in [0.3, 0.4) is 0 Å². The Kier molecular flexibility index (Phi) is 7.77. The number of rotatable bonds is 9. The van der Waals surface area contributed by atoms with Gasteiger partial charge in [0.2, 0.25) is 0 Å². The molecule has 0 aliphatic heterocycles. The van der Waals surface area contributed by atoms with Gasteiger partial charge in [-0.1, -0.05) is 37.3 Å². The monoisotopic (exact) mass is 316 g/mol. The van der Waals surface area contributed by atoms with Crippen LogP contribution in [0.4, 0.5) is 0 Å². The summed E-state index contributed by atoms with van der Waals surface area (Å²) in [6.45, 7) is 9.53. The fourth-order valence-corrected chi connectivity index (χ4v) is 5.65. The average Bonchev–Trinajstić information content (AvgIpc) is 2.47. The van der Waals surface area contributed by atoms with Crippen molar-refractivity contribution < 1.29 is 13.3 Å². The molecule has 3 nitrogen and oxygen atoms in total. The lowest BCUT2D eigenvalue weighted by Crippen LogP contribution is -2.56. The van der Waals surface area contributed by atoms with Crippen molar-refractivity contribution >= 4 is 20.4 Å². The highest BCUT2D eigenvalue weighted by atomic mass is 35.5. The molecular weight excluding hydrogens is 292 g/mol. The van der Waals surface area contributed by atoms with Crippen LogP contribution in [0.5, 0.6) is 0 Å². The third-order valence-corrected chi connectivity index (χ3v) is 7.57. The normalized spacial score (nSPS) is 15.1. The Labute approximate surface area is 128 Å². The Morgan fingerprint density at radius 1 is 0.950 bits per heavy atom. The molecule has 0 saturated heterocycles. The van der Waals surface area contributed by atoms with Crippen LogP contribution in [0.2, 0.25) is 0 Å². The van der Waals surface area contributed by atoms with Crippen LogP contribution >= 0.6 is 11.6 Å². The summed E-state index contributed by atoms with van der Waals surface area (Å²) < 4.78 is 17.6. The molecule has 2 atom stereocenters. The van der Waals surface area contributed by atoms with Crippen molar-refractivity contribution in [1.82, 2.24) is 0 Å². The molecule has 1 rings (SSSR count). The van der Waals surface area contributed by atoms with Gasteiger partial charge in [-0.3, -0.25) is 0 Å². The molecule has 0 heterocycles. The quantitative estimate of drug-likeness (QED) is 0.509. The molecule has 0 bridgehead atoms. The lowest BCUT2D eigenvalue weighted by Gasteiger charge is -2.35. The molecule has 5 heteroatoms. The van der Waals surface area contributed by atoms with Gasteiger partial charge in [0.15, 0.2) is 0 Å². The van der Waals surface area contributed by atoms with Gasteiger partial charge in [0, 0.05) is 25.7 Å². The first-order valence-electron chi connectivity index (χ1n) is 7.22. The second kappa shape index (κ2) is 8.80. The van der Waals surface area contributed by atoms with Gasteiger partial charge in [-0.2, -0.15) is 0 Å². The van der Waals surface area contributed by atoms with Gasteiger partial charge in [-0.15, -0.1) is 11.6 Å². The van der Waals surface area contributed by atoms with Crippen molar-refractivity contribution in [2.45, 2.75) is 38.6 Å².